The fourth-order valence-corrected chi connectivity index (χ4v) is 3.19. The number of rotatable bonds is 4. The van der Waals surface area contributed by atoms with Gasteiger partial charge < -0.3 is 5.32 Å². The predicted octanol–water partition coefficient (Wildman–Crippen LogP) is 5.08. The van der Waals surface area contributed by atoms with Crippen molar-refractivity contribution < 1.29 is 4.39 Å². The zero-order chi connectivity index (χ0) is 14.8. The van der Waals surface area contributed by atoms with Crippen molar-refractivity contribution in [3.63, 3.8) is 0 Å². The molecule has 1 aliphatic rings. The summed E-state index contributed by atoms with van der Waals surface area (Å²) in [6, 6.07) is 15.6. The van der Waals surface area contributed by atoms with E-state index in [9.17, 15) is 4.39 Å². The Kier molecular flexibility index (Phi) is 4.27. The predicted molar refractivity (Wildman–Crippen MR) is 85.2 cm³/mol. The molecule has 2 aromatic carbocycles. The Hall–Kier alpha value is -1.38. The average Bonchev–Trinajstić information content (AvgIpc) is 2.43. The topological polar surface area (TPSA) is 12.0 Å². The zero-order valence-corrected chi connectivity index (χ0v) is 12.8. The van der Waals surface area contributed by atoms with Gasteiger partial charge >= 0.3 is 0 Å². The lowest BCUT2D eigenvalue weighted by Crippen LogP contribution is -2.41. The standard InChI is InChI=1S/C18H19ClFN/c1-12(13-5-7-17(20)8-6-13)21-18-10-15(11-18)14-3-2-4-16(19)9-14/h2-9,12,15,18,21H,10-11H2,1H3/t12-,15?,18?/m1/s1. The van der Waals surface area contributed by atoms with E-state index in [0.717, 1.165) is 23.4 Å². The molecular weight excluding hydrogens is 285 g/mol. The third-order valence-electron chi connectivity index (χ3n) is 4.31. The Morgan fingerprint density at radius 1 is 1.14 bits per heavy atom. The zero-order valence-electron chi connectivity index (χ0n) is 12.0. The first kappa shape index (κ1) is 14.6. The molecular formula is C18H19ClFN. The summed E-state index contributed by atoms with van der Waals surface area (Å²) in [6.45, 7) is 2.12. The minimum absolute atomic E-state index is 0.185. The molecule has 1 nitrogen and oxygen atoms in total. The molecule has 0 saturated heterocycles. The van der Waals surface area contributed by atoms with Crippen LogP contribution in [0.4, 0.5) is 4.39 Å². The summed E-state index contributed by atoms with van der Waals surface area (Å²) in [6.07, 6.45) is 2.26. The number of nitrogens with one attached hydrogen (secondary N) is 1. The Balaban J connectivity index is 1.54. The average molecular weight is 304 g/mol. The quantitative estimate of drug-likeness (QED) is 0.831. The third-order valence-corrected chi connectivity index (χ3v) is 4.55. The molecule has 0 radical (unpaired) electrons. The molecule has 0 aliphatic heterocycles. The van der Waals surface area contributed by atoms with E-state index in [2.05, 4.69) is 24.4 Å². The Morgan fingerprint density at radius 3 is 2.52 bits per heavy atom. The molecule has 2 aromatic rings. The molecule has 0 bridgehead atoms. The summed E-state index contributed by atoms with van der Waals surface area (Å²) in [5.74, 6) is 0.414. The van der Waals surface area contributed by atoms with E-state index in [1.165, 1.54) is 17.7 Å². The number of hydrogen-bond donors (Lipinski definition) is 1. The highest BCUT2D eigenvalue weighted by Gasteiger charge is 2.31. The molecule has 3 heteroatoms. The maximum atomic E-state index is 12.9. The van der Waals surface area contributed by atoms with Gasteiger partial charge in [-0.25, -0.2) is 4.39 Å². The van der Waals surface area contributed by atoms with Crippen molar-refractivity contribution in [3.8, 4) is 0 Å². The lowest BCUT2D eigenvalue weighted by atomic mass is 9.75. The monoisotopic (exact) mass is 303 g/mol. The first-order valence-corrected chi connectivity index (χ1v) is 7.76. The van der Waals surface area contributed by atoms with E-state index >= 15 is 0 Å². The second-order valence-corrected chi connectivity index (χ2v) is 6.30. The van der Waals surface area contributed by atoms with Crippen LogP contribution < -0.4 is 5.32 Å². The van der Waals surface area contributed by atoms with Crippen LogP contribution in [0.3, 0.4) is 0 Å². The van der Waals surface area contributed by atoms with Crippen molar-refractivity contribution >= 4 is 11.6 Å². The Bertz CT molecular complexity index is 605. The summed E-state index contributed by atoms with van der Waals surface area (Å²) in [7, 11) is 0. The maximum Gasteiger partial charge on any atom is 0.123 e. The van der Waals surface area contributed by atoms with Crippen molar-refractivity contribution in [2.24, 2.45) is 0 Å². The van der Waals surface area contributed by atoms with Gasteiger partial charge in [-0.1, -0.05) is 35.9 Å². The van der Waals surface area contributed by atoms with Crippen molar-refractivity contribution in [1.82, 2.24) is 5.32 Å². The molecule has 1 N–H and O–H groups in total. The lowest BCUT2D eigenvalue weighted by Gasteiger charge is -2.38. The summed E-state index contributed by atoms with van der Waals surface area (Å²) in [4.78, 5) is 0. The van der Waals surface area contributed by atoms with Gasteiger partial charge in [0.2, 0.25) is 0 Å². The minimum atomic E-state index is -0.185. The van der Waals surface area contributed by atoms with Gasteiger partial charge in [0.1, 0.15) is 5.82 Å². The van der Waals surface area contributed by atoms with E-state index in [1.807, 2.05) is 24.3 Å². The molecule has 1 fully saturated rings. The molecule has 0 spiro atoms. The summed E-state index contributed by atoms with van der Waals surface area (Å²) >= 11 is 6.04. The molecule has 0 aromatic heterocycles. The van der Waals surface area contributed by atoms with Crippen LogP contribution in [-0.4, -0.2) is 6.04 Å². The first-order chi connectivity index (χ1) is 10.1. The summed E-state index contributed by atoms with van der Waals surface area (Å²) < 4.78 is 12.9. The van der Waals surface area contributed by atoms with E-state index in [0.29, 0.717) is 12.0 Å². The summed E-state index contributed by atoms with van der Waals surface area (Å²) in [5.41, 5.74) is 2.46. The second kappa shape index (κ2) is 6.17. The number of halogens is 2. The van der Waals surface area contributed by atoms with Crippen LogP contribution in [0.5, 0.6) is 0 Å². The van der Waals surface area contributed by atoms with Crippen molar-refractivity contribution in [3.05, 3.63) is 70.5 Å². The third kappa shape index (κ3) is 3.45. The highest BCUT2D eigenvalue weighted by molar-refractivity contribution is 6.30. The van der Waals surface area contributed by atoms with Gasteiger partial charge in [0.15, 0.2) is 0 Å². The van der Waals surface area contributed by atoms with Crippen LogP contribution in [0.1, 0.15) is 42.9 Å². The van der Waals surface area contributed by atoms with Crippen molar-refractivity contribution in [1.29, 1.82) is 0 Å². The fraction of sp³-hybridized carbons (Fsp3) is 0.333. The fourth-order valence-electron chi connectivity index (χ4n) is 2.99. The molecule has 3 rings (SSSR count). The molecule has 110 valence electrons. The Labute approximate surface area is 130 Å². The van der Waals surface area contributed by atoms with E-state index in [4.69, 9.17) is 11.6 Å². The molecule has 0 amide bonds. The van der Waals surface area contributed by atoms with Gasteiger partial charge in [-0.05, 0) is 61.1 Å². The smallest absolute Gasteiger partial charge is 0.123 e. The van der Waals surface area contributed by atoms with Crippen LogP contribution in [0.15, 0.2) is 48.5 Å². The second-order valence-electron chi connectivity index (χ2n) is 5.86. The van der Waals surface area contributed by atoms with Crippen LogP contribution >= 0.6 is 11.6 Å². The molecule has 1 saturated carbocycles. The largest absolute Gasteiger partial charge is 0.307 e. The van der Waals surface area contributed by atoms with Gasteiger partial charge in [-0.2, -0.15) is 0 Å². The van der Waals surface area contributed by atoms with Gasteiger partial charge in [-0.3, -0.25) is 0 Å². The highest BCUT2D eigenvalue weighted by atomic mass is 35.5. The number of hydrogen-bond acceptors (Lipinski definition) is 1. The SMILES string of the molecule is C[C@@H](NC1CC(c2cccc(Cl)c2)C1)c1ccc(F)cc1. The van der Waals surface area contributed by atoms with Gasteiger partial charge in [-0.15, -0.1) is 0 Å². The molecule has 1 aliphatic carbocycles. The molecule has 21 heavy (non-hydrogen) atoms. The Morgan fingerprint density at radius 2 is 1.86 bits per heavy atom. The van der Waals surface area contributed by atoms with Crippen molar-refractivity contribution in [2.45, 2.75) is 37.8 Å². The van der Waals surface area contributed by atoms with E-state index in [1.54, 1.807) is 0 Å². The van der Waals surface area contributed by atoms with Crippen LogP contribution in [-0.2, 0) is 0 Å². The molecule has 1 atom stereocenters. The minimum Gasteiger partial charge on any atom is -0.307 e. The van der Waals surface area contributed by atoms with Crippen molar-refractivity contribution in [2.75, 3.05) is 0 Å². The molecule has 0 heterocycles. The van der Waals surface area contributed by atoms with E-state index in [-0.39, 0.29) is 11.9 Å². The highest BCUT2D eigenvalue weighted by Crippen LogP contribution is 2.38. The summed E-state index contributed by atoms with van der Waals surface area (Å²) in [5, 5.41) is 4.42. The normalized spacial score (nSPS) is 22.6. The molecule has 0 unspecified atom stereocenters. The van der Waals surface area contributed by atoms with Crippen LogP contribution in [0.2, 0.25) is 5.02 Å². The first-order valence-electron chi connectivity index (χ1n) is 7.39. The van der Waals surface area contributed by atoms with E-state index < -0.39 is 0 Å². The van der Waals surface area contributed by atoms with Crippen LogP contribution in [0.25, 0.3) is 0 Å². The van der Waals surface area contributed by atoms with Gasteiger partial charge in [0, 0.05) is 17.1 Å². The maximum absolute atomic E-state index is 12.9. The van der Waals surface area contributed by atoms with Gasteiger partial charge in [0.05, 0.1) is 0 Å². The lowest BCUT2D eigenvalue weighted by molar-refractivity contribution is 0.271. The number of benzene rings is 2. The van der Waals surface area contributed by atoms with Crippen LogP contribution in [0, 0.1) is 5.82 Å². The van der Waals surface area contributed by atoms with Gasteiger partial charge in [0.25, 0.3) is 0 Å².